The molecule has 6 nitrogen and oxygen atoms in total. The van der Waals surface area contributed by atoms with Crippen molar-refractivity contribution in [2.24, 2.45) is 0 Å². The Bertz CT molecular complexity index is 1060. The number of hydrogen-bond donors (Lipinski definition) is 2. The van der Waals surface area contributed by atoms with Crippen molar-refractivity contribution in [1.82, 2.24) is 10.3 Å². The van der Waals surface area contributed by atoms with Gasteiger partial charge in [-0.1, -0.05) is 18.6 Å². The zero-order valence-corrected chi connectivity index (χ0v) is 16.3. The molecule has 3 aromatic rings. The van der Waals surface area contributed by atoms with Crippen LogP contribution in [0.15, 0.2) is 47.1 Å². The predicted molar refractivity (Wildman–Crippen MR) is 106 cm³/mol. The standard InChI is InChI=1S/C22H21F2N3O3/c1-12(15-9-17(23)20(25)18(24)10-15)26-21(28)19-11-29-22(27-19)30-16-7-3-6-14(8-16)13-4-2-5-13/h3,6-13H,2,4-5,25H2,1H3,(H,26,28)/t12-/m1/s1. The summed E-state index contributed by atoms with van der Waals surface area (Å²) in [7, 11) is 0. The number of amides is 1. The molecule has 1 saturated carbocycles. The number of oxazole rings is 1. The fraction of sp³-hybridized carbons (Fsp3) is 0.273. The van der Waals surface area contributed by atoms with E-state index in [1.807, 2.05) is 12.1 Å². The van der Waals surface area contributed by atoms with Crippen molar-refractivity contribution in [1.29, 1.82) is 0 Å². The van der Waals surface area contributed by atoms with Crippen molar-refractivity contribution in [3.63, 3.8) is 0 Å². The largest absolute Gasteiger partial charge is 0.416 e. The molecule has 0 bridgehead atoms. The van der Waals surface area contributed by atoms with Crippen LogP contribution in [0.5, 0.6) is 11.8 Å². The van der Waals surface area contributed by atoms with Crippen molar-refractivity contribution >= 4 is 11.6 Å². The highest BCUT2D eigenvalue weighted by Gasteiger charge is 2.21. The Morgan fingerprint density at radius 1 is 1.27 bits per heavy atom. The van der Waals surface area contributed by atoms with Gasteiger partial charge >= 0.3 is 6.08 Å². The number of nitrogens with one attached hydrogen (secondary N) is 1. The van der Waals surface area contributed by atoms with E-state index in [4.69, 9.17) is 14.9 Å². The summed E-state index contributed by atoms with van der Waals surface area (Å²) >= 11 is 0. The molecule has 1 heterocycles. The second kappa shape index (κ2) is 8.14. The Hall–Kier alpha value is -3.42. The van der Waals surface area contributed by atoms with Crippen LogP contribution in [0.1, 0.15) is 59.8 Å². The minimum Gasteiger partial charge on any atom is -0.416 e. The number of nitrogens with two attached hydrogens (primary N) is 1. The summed E-state index contributed by atoms with van der Waals surface area (Å²) in [6.45, 7) is 1.59. The first-order valence-electron chi connectivity index (χ1n) is 9.69. The smallest absolute Gasteiger partial charge is 0.399 e. The van der Waals surface area contributed by atoms with Gasteiger partial charge in [-0.15, -0.1) is 0 Å². The van der Waals surface area contributed by atoms with E-state index in [1.165, 1.54) is 24.8 Å². The Morgan fingerprint density at radius 2 is 2.00 bits per heavy atom. The highest BCUT2D eigenvalue weighted by atomic mass is 19.1. The van der Waals surface area contributed by atoms with Crippen LogP contribution < -0.4 is 15.8 Å². The van der Waals surface area contributed by atoms with Crippen LogP contribution in [-0.4, -0.2) is 10.9 Å². The molecule has 1 aromatic heterocycles. The number of rotatable bonds is 6. The first-order chi connectivity index (χ1) is 14.4. The number of benzene rings is 2. The van der Waals surface area contributed by atoms with E-state index in [2.05, 4.69) is 16.4 Å². The lowest BCUT2D eigenvalue weighted by atomic mass is 9.80. The van der Waals surface area contributed by atoms with E-state index in [-0.39, 0.29) is 17.3 Å². The Labute approximate surface area is 172 Å². The first-order valence-corrected chi connectivity index (χ1v) is 9.69. The number of carbonyl (C=O) groups is 1. The zero-order valence-electron chi connectivity index (χ0n) is 16.3. The van der Waals surface area contributed by atoms with Gasteiger partial charge in [-0.25, -0.2) is 8.78 Å². The molecule has 0 aliphatic heterocycles. The number of nitrogen functional groups attached to an aromatic ring is 1. The summed E-state index contributed by atoms with van der Waals surface area (Å²) in [6, 6.07) is 9.19. The maximum absolute atomic E-state index is 13.7. The lowest BCUT2D eigenvalue weighted by molar-refractivity contribution is 0.0934. The Kier molecular flexibility index (Phi) is 5.39. The molecule has 3 N–H and O–H groups in total. The van der Waals surface area contributed by atoms with Crippen LogP contribution in [0.4, 0.5) is 14.5 Å². The zero-order chi connectivity index (χ0) is 21.3. The number of anilines is 1. The van der Waals surface area contributed by atoms with Crippen molar-refractivity contribution in [3.8, 4) is 11.8 Å². The normalized spacial score (nSPS) is 14.8. The highest BCUT2D eigenvalue weighted by Crippen LogP contribution is 2.37. The van der Waals surface area contributed by atoms with Crippen LogP contribution in [0, 0.1) is 11.6 Å². The van der Waals surface area contributed by atoms with Crippen molar-refractivity contribution in [2.45, 2.75) is 38.1 Å². The van der Waals surface area contributed by atoms with Crippen molar-refractivity contribution in [3.05, 3.63) is 71.1 Å². The second-order valence-corrected chi connectivity index (χ2v) is 7.39. The third-order valence-corrected chi connectivity index (χ3v) is 5.30. The molecule has 1 fully saturated rings. The van der Waals surface area contributed by atoms with Crippen LogP contribution >= 0.6 is 0 Å². The molecule has 1 atom stereocenters. The van der Waals surface area contributed by atoms with Gasteiger partial charge in [0.15, 0.2) is 5.69 Å². The van der Waals surface area contributed by atoms with Gasteiger partial charge in [0.1, 0.15) is 29.3 Å². The summed E-state index contributed by atoms with van der Waals surface area (Å²) in [5, 5.41) is 2.61. The fourth-order valence-corrected chi connectivity index (χ4v) is 3.29. The maximum Gasteiger partial charge on any atom is 0.399 e. The van der Waals surface area contributed by atoms with Gasteiger partial charge in [-0.3, -0.25) is 4.79 Å². The van der Waals surface area contributed by atoms with E-state index in [0.29, 0.717) is 11.7 Å². The van der Waals surface area contributed by atoms with Crippen LogP contribution in [-0.2, 0) is 0 Å². The summed E-state index contributed by atoms with van der Waals surface area (Å²) in [5.74, 6) is -1.19. The molecule has 8 heteroatoms. The van der Waals surface area contributed by atoms with Gasteiger partial charge in [0.2, 0.25) is 0 Å². The van der Waals surface area contributed by atoms with Crippen LogP contribution in [0.25, 0.3) is 0 Å². The lowest BCUT2D eigenvalue weighted by Gasteiger charge is -2.25. The number of aromatic nitrogens is 1. The van der Waals surface area contributed by atoms with E-state index in [0.717, 1.165) is 18.4 Å². The summed E-state index contributed by atoms with van der Waals surface area (Å²) in [4.78, 5) is 16.5. The molecule has 1 amide bonds. The van der Waals surface area contributed by atoms with E-state index < -0.39 is 29.3 Å². The molecule has 30 heavy (non-hydrogen) atoms. The SMILES string of the molecule is C[C@@H](NC(=O)c1coc(Oc2cccc(C3CCC3)c2)n1)c1cc(F)c(N)c(F)c1. The highest BCUT2D eigenvalue weighted by molar-refractivity contribution is 5.92. The van der Waals surface area contributed by atoms with E-state index >= 15 is 0 Å². The molecule has 4 rings (SSSR count). The predicted octanol–water partition coefficient (Wildman–Crippen LogP) is 5.09. The van der Waals surface area contributed by atoms with Crippen molar-refractivity contribution < 1.29 is 22.7 Å². The van der Waals surface area contributed by atoms with Gasteiger partial charge < -0.3 is 20.2 Å². The maximum atomic E-state index is 13.7. The topological polar surface area (TPSA) is 90.4 Å². The molecule has 1 aliphatic carbocycles. The lowest BCUT2D eigenvalue weighted by Crippen LogP contribution is -2.27. The molecule has 0 radical (unpaired) electrons. The minimum absolute atomic E-state index is 0.0108. The fourth-order valence-electron chi connectivity index (χ4n) is 3.29. The first kappa shape index (κ1) is 19.9. The molecular formula is C22H21F2N3O3. The number of carbonyl (C=O) groups excluding carboxylic acids is 1. The number of ether oxygens (including phenoxy) is 1. The second-order valence-electron chi connectivity index (χ2n) is 7.39. The average Bonchev–Trinajstić information content (AvgIpc) is 3.13. The van der Waals surface area contributed by atoms with Gasteiger partial charge in [0, 0.05) is 0 Å². The molecule has 0 spiro atoms. The third-order valence-electron chi connectivity index (χ3n) is 5.30. The number of nitrogens with zero attached hydrogens (tertiary/aromatic N) is 1. The molecule has 156 valence electrons. The summed E-state index contributed by atoms with van der Waals surface area (Å²) < 4.78 is 38.2. The van der Waals surface area contributed by atoms with Gasteiger partial charge in [0.25, 0.3) is 5.91 Å². The Balaban J connectivity index is 1.41. The minimum atomic E-state index is -0.882. The van der Waals surface area contributed by atoms with Crippen LogP contribution in [0.2, 0.25) is 0 Å². The quantitative estimate of drug-likeness (QED) is 0.550. The Morgan fingerprint density at radius 3 is 2.67 bits per heavy atom. The summed E-state index contributed by atoms with van der Waals surface area (Å²) in [6.07, 6.45) is 4.68. The molecular weight excluding hydrogens is 392 g/mol. The average molecular weight is 413 g/mol. The summed E-state index contributed by atoms with van der Waals surface area (Å²) in [5.41, 5.74) is 6.15. The van der Waals surface area contributed by atoms with E-state index in [9.17, 15) is 13.6 Å². The van der Waals surface area contributed by atoms with Crippen LogP contribution in [0.3, 0.4) is 0 Å². The number of hydrogen-bond acceptors (Lipinski definition) is 5. The van der Waals surface area contributed by atoms with Gasteiger partial charge in [-0.05, 0) is 61.1 Å². The van der Waals surface area contributed by atoms with E-state index in [1.54, 1.807) is 13.0 Å². The van der Waals surface area contributed by atoms with Crippen molar-refractivity contribution in [2.75, 3.05) is 5.73 Å². The van der Waals surface area contributed by atoms with Gasteiger partial charge in [-0.2, -0.15) is 4.98 Å². The molecule has 0 unspecified atom stereocenters. The molecule has 0 saturated heterocycles. The number of halogens is 2. The third kappa shape index (κ3) is 4.12. The molecule has 2 aromatic carbocycles. The molecule has 1 aliphatic rings. The monoisotopic (exact) mass is 413 g/mol. The van der Waals surface area contributed by atoms with Gasteiger partial charge in [0.05, 0.1) is 6.04 Å².